The van der Waals surface area contributed by atoms with Crippen molar-refractivity contribution in [1.82, 2.24) is 18.8 Å². The van der Waals surface area contributed by atoms with E-state index in [1.807, 2.05) is 54.0 Å². The number of thiazole rings is 2. The quantitative estimate of drug-likeness (QED) is 0.145. The summed E-state index contributed by atoms with van der Waals surface area (Å²) in [4.78, 5) is 23.7. The molecule has 4 heterocycles. The molecule has 224 valence electrons. The lowest BCUT2D eigenvalue weighted by Gasteiger charge is -2.01. The van der Waals surface area contributed by atoms with Crippen molar-refractivity contribution in [2.75, 3.05) is 26.6 Å². The first kappa shape index (κ1) is 28.3. The summed E-state index contributed by atoms with van der Waals surface area (Å²) in [6.07, 6.45) is 4.14. The second kappa shape index (κ2) is 11.6. The molecular weight excluding hydrogens is 609 g/mol. The maximum absolute atomic E-state index is 10.7. The van der Waals surface area contributed by atoms with Crippen molar-refractivity contribution in [3.63, 3.8) is 0 Å². The van der Waals surface area contributed by atoms with Crippen LogP contribution in [0.3, 0.4) is 0 Å². The van der Waals surface area contributed by atoms with E-state index in [0.717, 1.165) is 59.6 Å². The van der Waals surface area contributed by atoms with Crippen molar-refractivity contribution in [3.05, 3.63) is 107 Å². The second-order valence-corrected chi connectivity index (χ2v) is 12.1. The van der Waals surface area contributed by atoms with Gasteiger partial charge in [0.15, 0.2) is 9.92 Å². The van der Waals surface area contributed by atoms with Crippen molar-refractivity contribution in [2.45, 2.75) is 0 Å². The Balaban J connectivity index is 0.000000145. The van der Waals surface area contributed by atoms with Crippen LogP contribution in [0.5, 0.6) is 11.5 Å². The number of rotatable bonds is 6. The molecule has 0 fully saturated rings. The number of nitrogens with zero attached hydrogens (tertiary/aromatic N) is 5. The van der Waals surface area contributed by atoms with Gasteiger partial charge in [-0.1, -0.05) is 34.8 Å². The minimum atomic E-state index is -0.398. The molecule has 8 rings (SSSR count). The SMILES string of the molecule is CNc1ccc(-c2cn3c(nc4ccc(OC)cc43)s2)cc1.COc1ccc2nc3sc(-c4ccc([N+](=O)[O-])cc4)cn3c2c1. The number of non-ortho nitro benzene ring substituents is 1. The van der Waals surface area contributed by atoms with Crippen molar-refractivity contribution in [2.24, 2.45) is 0 Å². The van der Waals surface area contributed by atoms with Gasteiger partial charge in [0.25, 0.3) is 5.69 Å². The first-order valence-corrected chi connectivity index (χ1v) is 15.5. The van der Waals surface area contributed by atoms with Gasteiger partial charge in [-0.25, -0.2) is 9.97 Å². The van der Waals surface area contributed by atoms with Gasteiger partial charge in [-0.3, -0.25) is 18.9 Å². The molecule has 1 N–H and O–H groups in total. The standard InChI is InChI=1S/C17H15N3OS.C16H11N3O3S/c1-18-12-5-3-11(4-6-12)16-10-20-15-9-13(21-2)7-8-14(15)19-17(20)22-16;1-22-12-6-7-13-14(8-12)18-9-15(23-16(18)17-13)10-2-4-11(5-3-10)19(20)21/h3-10,18H,1-2H3;2-9H,1H3. The lowest BCUT2D eigenvalue weighted by atomic mass is 10.2. The van der Waals surface area contributed by atoms with Gasteiger partial charge in [-0.2, -0.15) is 0 Å². The van der Waals surface area contributed by atoms with E-state index in [1.165, 1.54) is 22.6 Å². The van der Waals surface area contributed by atoms with Crippen molar-refractivity contribution < 1.29 is 14.4 Å². The Morgan fingerprint density at radius 1 is 0.711 bits per heavy atom. The van der Waals surface area contributed by atoms with E-state index in [4.69, 9.17) is 9.47 Å². The summed E-state index contributed by atoms with van der Waals surface area (Å²) >= 11 is 3.24. The van der Waals surface area contributed by atoms with Crippen LogP contribution in [0.4, 0.5) is 11.4 Å². The molecule has 12 heteroatoms. The summed E-state index contributed by atoms with van der Waals surface area (Å²) in [6.45, 7) is 0. The summed E-state index contributed by atoms with van der Waals surface area (Å²) in [6, 6.07) is 26.7. The van der Waals surface area contributed by atoms with Gasteiger partial charge in [0, 0.05) is 49.4 Å². The van der Waals surface area contributed by atoms with E-state index >= 15 is 0 Å². The molecule has 0 saturated heterocycles. The number of hydrogen-bond acceptors (Lipinski definition) is 9. The van der Waals surface area contributed by atoms with Crippen LogP contribution in [0.15, 0.2) is 97.3 Å². The fourth-order valence-electron chi connectivity index (χ4n) is 5.05. The number of anilines is 1. The van der Waals surface area contributed by atoms with Crippen LogP contribution in [0, 0.1) is 10.1 Å². The first-order chi connectivity index (χ1) is 21.9. The molecule has 10 nitrogen and oxygen atoms in total. The predicted molar refractivity (Wildman–Crippen MR) is 181 cm³/mol. The number of imidazole rings is 2. The monoisotopic (exact) mass is 634 g/mol. The summed E-state index contributed by atoms with van der Waals surface area (Å²) < 4.78 is 14.7. The Labute approximate surface area is 264 Å². The predicted octanol–water partition coefficient (Wildman–Crippen LogP) is 8.40. The zero-order chi connectivity index (χ0) is 31.1. The number of aromatic nitrogens is 4. The lowest BCUT2D eigenvalue weighted by Crippen LogP contribution is -1.86. The highest BCUT2D eigenvalue weighted by molar-refractivity contribution is 7.20. The normalized spacial score (nSPS) is 11.2. The number of hydrogen-bond donors (Lipinski definition) is 1. The van der Waals surface area contributed by atoms with Crippen molar-refractivity contribution in [1.29, 1.82) is 0 Å². The third kappa shape index (κ3) is 5.30. The van der Waals surface area contributed by atoms with Crippen LogP contribution in [0.25, 0.3) is 52.9 Å². The molecule has 0 atom stereocenters. The number of benzene rings is 4. The molecule has 8 aromatic rings. The molecule has 0 amide bonds. The number of nitrogens with one attached hydrogen (secondary N) is 1. The highest BCUT2D eigenvalue weighted by Crippen LogP contribution is 2.34. The molecule has 0 aliphatic carbocycles. The average Bonchev–Trinajstić information content (AvgIpc) is 3.84. The molecule has 0 unspecified atom stereocenters. The third-order valence-corrected chi connectivity index (χ3v) is 9.51. The van der Waals surface area contributed by atoms with Crippen molar-refractivity contribution in [3.8, 4) is 32.4 Å². The fraction of sp³-hybridized carbons (Fsp3) is 0.0909. The van der Waals surface area contributed by atoms with E-state index in [0.29, 0.717) is 0 Å². The smallest absolute Gasteiger partial charge is 0.269 e. The maximum atomic E-state index is 10.7. The molecule has 45 heavy (non-hydrogen) atoms. The minimum absolute atomic E-state index is 0.0882. The number of fused-ring (bicyclic) bond motifs is 6. The van der Waals surface area contributed by atoms with Gasteiger partial charge in [-0.05, 0) is 59.7 Å². The van der Waals surface area contributed by atoms with Crippen LogP contribution < -0.4 is 14.8 Å². The first-order valence-electron chi connectivity index (χ1n) is 13.9. The highest BCUT2D eigenvalue weighted by Gasteiger charge is 2.13. The zero-order valence-corrected chi connectivity index (χ0v) is 26.1. The van der Waals surface area contributed by atoms with Gasteiger partial charge in [0.1, 0.15) is 11.5 Å². The van der Waals surface area contributed by atoms with Gasteiger partial charge in [0.2, 0.25) is 0 Å². The molecule has 4 aromatic carbocycles. The van der Waals surface area contributed by atoms with E-state index in [9.17, 15) is 10.1 Å². The molecule has 0 saturated carbocycles. The Kier molecular flexibility index (Phi) is 7.28. The number of nitro benzene ring substituents is 1. The average molecular weight is 635 g/mol. The molecule has 0 spiro atoms. The third-order valence-electron chi connectivity index (χ3n) is 7.44. The zero-order valence-electron chi connectivity index (χ0n) is 24.4. The molecule has 4 aromatic heterocycles. The Bertz CT molecular complexity index is 2320. The Morgan fingerprint density at radius 3 is 1.60 bits per heavy atom. The van der Waals surface area contributed by atoms with E-state index in [-0.39, 0.29) is 5.69 Å². The highest BCUT2D eigenvalue weighted by atomic mass is 32.1. The molecule has 0 bridgehead atoms. The van der Waals surface area contributed by atoms with Gasteiger partial charge in [-0.15, -0.1) is 0 Å². The molecular formula is C33H26N6O4S2. The second-order valence-electron chi connectivity index (χ2n) is 10.1. The number of nitro groups is 1. The lowest BCUT2D eigenvalue weighted by molar-refractivity contribution is -0.384. The van der Waals surface area contributed by atoms with E-state index < -0.39 is 4.92 Å². The summed E-state index contributed by atoms with van der Waals surface area (Å²) in [7, 11) is 5.24. The summed E-state index contributed by atoms with van der Waals surface area (Å²) in [5.74, 6) is 1.63. The van der Waals surface area contributed by atoms with E-state index in [2.05, 4.69) is 50.1 Å². The Hall–Kier alpha value is -5.46. The topological polar surface area (TPSA) is 108 Å². The molecule has 0 aliphatic rings. The molecule has 0 aliphatic heterocycles. The van der Waals surface area contributed by atoms with Crippen LogP contribution in [0.2, 0.25) is 0 Å². The number of ether oxygens (including phenoxy) is 2. The minimum Gasteiger partial charge on any atom is -0.497 e. The number of methoxy groups -OCH3 is 2. The van der Waals surface area contributed by atoms with Crippen LogP contribution in [-0.4, -0.2) is 45.0 Å². The summed E-state index contributed by atoms with van der Waals surface area (Å²) in [5.41, 5.74) is 7.28. The molecule has 0 radical (unpaired) electrons. The van der Waals surface area contributed by atoms with Gasteiger partial charge in [0.05, 0.1) is 51.0 Å². The van der Waals surface area contributed by atoms with Gasteiger partial charge >= 0.3 is 0 Å². The van der Waals surface area contributed by atoms with Gasteiger partial charge < -0.3 is 14.8 Å². The van der Waals surface area contributed by atoms with Crippen LogP contribution in [0.1, 0.15) is 0 Å². The fourth-order valence-corrected chi connectivity index (χ4v) is 7.05. The largest absolute Gasteiger partial charge is 0.497 e. The maximum Gasteiger partial charge on any atom is 0.269 e. The van der Waals surface area contributed by atoms with Crippen LogP contribution >= 0.6 is 22.7 Å². The van der Waals surface area contributed by atoms with E-state index in [1.54, 1.807) is 49.0 Å². The van der Waals surface area contributed by atoms with Crippen molar-refractivity contribution >= 4 is 66.0 Å². The Morgan fingerprint density at radius 2 is 1.18 bits per heavy atom. The van der Waals surface area contributed by atoms with Crippen LogP contribution in [-0.2, 0) is 0 Å². The summed E-state index contributed by atoms with van der Waals surface area (Å²) in [5, 5.41) is 13.9.